The predicted molar refractivity (Wildman–Crippen MR) is 156 cm³/mol. The number of nitrogens with zero attached hydrogens (tertiary/aromatic N) is 2. The van der Waals surface area contributed by atoms with Crippen LogP contribution in [0, 0.1) is 0 Å². The molecule has 0 atom stereocenters. The molecule has 9 nitrogen and oxygen atoms in total. The molecule has 45 heavy (non-hydrogen) atoms. The van der Waals surface area contributed by atoms with Gasteiger partial charge in [-0.15, -0.1) is 0 Å². The van der Waals surface area contributed by atoms with E-state index in [0.29, 0.717) is 6.61 Å². The SMILES string of the molecule is C=C(C)c1cccc(C(C)(C)NC(=O)OCCCCCC[n+]2ccc(CC)cc2)c1.O=S(=O)([N-]S(=O)(=O)C(F)(F)F)C(F)(F)F. The summed E-state index contributed by atoms with van der Waals surface area (Å²) in [5.74, 6) is 0. The maximum absolute atomic E-state index is 12.2. The Morgan fingerprint density at radius 1 is 0.911 bits per heavy atom. The van der Waals surface area contributed by atoms with Crippen molar-refractivity contribution in [1.82, 2.24) is 5.32 Å². The molecule has 0 radical (unpaired) electrons. The summed E-state index contributed by atoms with van der Waals surface area (Å²) >= 11 is 0. The summed E-state index contributed by atoms with van der Waals surface area (Å²) in [6, 6.07) is 12.5. The highest BCUT2D eigenvalue weighted by molar-refractivity contribution is 8.13. The summed E-state index contributed by atoms with van der Waals surface area (Å²) in [5, 5.41) is 2.98. The van der Waals surface area contributed by atoms with E-state index in [9.17, 15) is 48.0 Å². The molecule has 1 N–H and O–H groups in total. The summed E-state index contributed by atoms with van der Waals surface area (Å²) in [5.41, 5.74) is -8.43. The predicted octanol–water partition coefficient (Wildman–Crippen LogP) is 6.85. The van der Waals surface area contributed by atoms with Crippen molar-refractivity contribution in [1.29, 1.82) is 0 Å². The van der Waals surface area contributed by atoms with E-state index in [0.717, 1.165) is 59.5 Å². The van der Waals surface area contributed by atoms with Crippen LogP contribution in [-0.2, 0) is 43.3 Å². The van der Waals surface area contributed by atoms with Crippen LogP contribution in [0.4, 0.5) is 31.1 Å². The first-order valence-corrected chi connectivity index (χ1v) is 16.5. The molecule has 0 spiro atoms. The molecule has 1 heterocycles. The third kappa shape index (κ3) is 13.4. The Balaban J connectivity index is 0.000000570. The number of carbonyl (C=O) groups excluding carboxylic acids is 1. The van der Waals surface area contributed by atoms with Gasteiger partial charge in [-0.25, -0.2) is 26.2 Å². The van der Waals surface area contributed by atoms with Gasteiger partial charge in [0.05, 0.1) is 12.1 Å². The van der Waals surface area contributed by atoms with Gasteiger partial charge in [0.1, 0.15) is 6.54 Å². The maximum Gasteiger partial charge on any atom is 0.480 e. The molecule has 0 bridgehead atoms. The summed E-state index contributed by atoms with van der Waals surface area (Å²) in [6.45, 7) is 13.6. The highest BCUT2D eigenvalue weighted by Crippen LogP contribution is 2.36. The average Bonchev–Trinajstić information content (AvgIpc) is 2.91. The van der Waals surface area contributed by atoms with E-state index in [1.54, 1.807) is 0 Å². The number of halogens is 6. The van der Waals surface area contributed by atoms with E-state index in [4.69, 9.17) is 4.74 Å². The first-order valence-electron chi connectivity index (χ1n) is 13.6. The van der Waals surface area contributed by atoms with Gasteiger partial charge >= 0.3 is 17.1 Å². The molecule has 17 heteroatoms. The smallest absolute Gasteiger partial charge is 0.450 e. The largest absolute Gasteiger partial charge is 0.480 e. The summed E-state index contributed by atoms with van der Waals surface area (Å²) in [4.78, 5) is 12.2. The van der Waals surface area contributed by atoms with Crippen molar-refractivity contribution in [3.8, 4) is 0 Å². The molecule has 0 aliphatic heterocycles. The van der Waals surface area contributed by atoms with Gasteiger partial charge in [-0.2, -0.15) is 26.3 Å². The molecule has 0 fully saturated rings. The molecular weight excluding hydrogens is 652 g/mol. The van der Waals surface area contributed by atoms with Gasteiger partial charge in [0, 0.05) is 18.6 Å². The third-order valence-electron chi connectivity index (χ3n) is 6.19. The Bertz CT molecular complexity index is 1450. The van der Waals surface area contributed by atoms with Gasteiger partial charge in [-0.05, 0) is 69.2 Å². The average molecular weight is 690 g/mol. The van der Waals surface area contributed by atoms with Gasteiger partial charge in [0.25, 0.3) is 0 Å². The number of alkyl halides is 6. The zero-order valence-corrected chi connectivity index (χ0v) is 26.8. The number of hydrogen-bond acceptors (Lipinski definition) is 6. The minimum atomic E-state index is -6.72. The monoisotopic (exact) mass is 689 g/mol. The number of carbonyl (C=O) groups is 1. The van der Waals surface area contributed by atoms with Crippen molar-refractivity contribution in [2.45, 2.75) is 82.9 Å². The van der Waals surface area contributed by atoms with Crippen LogP contribution in [-0.4, -0.2) is 40.6 Å². The molecule has 0 aliphatic rings. The number of unbranched alkanes of at least 4 members (excludes halogenated alkanes) is 3. The van der Waals surface area contributed by atoms with Gasteiger partial charge < -0.3 is 14.2 Å². The molecule has 0 saturated heterocycles. The lowest BCUT2D eigenvalue weighted by molar-refractivity contribution is -0.697. The van der Waals surface area contributed by atoms with Crippen LogP contribution in [0.25, 0.3) is 9.70 Å². The van der Waals surface area contributed by atoms with Crippen LogP contribution in [0.5, 0.6) is 0 Å². The van der Waals surface area contributed by atoms with E-state index < -0.39 is 36.6 Å². The fraction of sp³-hybridized carbons (Fsp3) is 0.500. The number of allylic oxidation sites excluding steroid dienone is 1. The number of benzene rings is 1. The standard InChI is InChI=1S/C26H36N2O2.C2F6NO4S2/c1-6-22-14-17-28(18-15-22)16-9-7-8-10-19-30-25(29)27-26(4,5)24-13-11-12-23(20-24)21(2)3;3-1(4,5)14(10,11)9-15(12,13)2(6,7)8/h11-15,17-18,20H,2,6-10,16,19H2,1,3-5H3;/q;-1/p+1. The fourth-order valence-corrected chi connectivity index (χ4v) is 5.25. The van der Waals surface area contributed by atoms with Crippen molar-refractivity contribution in [3.63, 3.8) is 0 Å². The first kappa shape index (κ1) is 39.8. The quantitative estimate of drug-likeness (QED) is 0.139. The molecular formula is C28H37F6N3O6S2. The molecule has 0 aliphatic carbocycles. The Labute approximate surface area is 259 Å². The Kier molecular flexibility index (Phi) is 14.5. The van der Waals surface area contributed by atoms with E-state index in [-0.39, 0.29) is 6.09 Å². The number of rotatable bonds is 13. The van der Waals surface area contributed by atoms with Crippen LogP contribution in [0.1, 0.15) is 70.1 Å². The van der Waals surface area contributed by atoms with E-state index in [1.165, 1.54) is 5.56 Å². The molecule has 1 amide bonds. The summed E-state index contributed by atoms with van der Waals surface area (Å²) < 4.78 is 117. The second kappa shape index (κ2) is 16.4. The zero-order chi connectivity index (χ0) is 34.7. The Morgan fingerprint density at radius 2 is 1.44 bits per heavy atom. The molecule has 254 valence electrons. The third-order valence-corrected chi connectivity index (χ3v) is 8.93. The van der Waals surface area contributed by atoms with Crippen molar-refractivity contribution in [2.75, 3.05) is 6.61 Å². The van der Waals surface area contributed by atoms with Crippen LogP contribution in [0.15, 0.2) is 55.4 Å². The van der Waals surface area contributed by atoms with Crippen LogP contribution >= 0.6 is 0 Å². The summed E-state index contributed by atoms with van der Waals surface area (Å²) in [7, 11) is -13.4. The topological polar surface area (TPSA) is 125 Å². The normalized spacial score (nSPS) is 12.6. The van der Waals surface area contributed by atoms with Crippen molar-refractivity contribution in [2.24, 2.45) is 0 Å². The van der Waals surface area contributed by atoms with Gasteiger partial charge in [-0.3, -0.25) is 0 Å². The number of alkyl carbamates (subject to hydrolysis) is 1. The van der Waals surface area contributed by atoms with Crippen LogP contribution in [0.3, 0.4) is 0 Å². The lowest BCUT2D eigenvalue weighted by atomic mass is 9.92. The number of sulfonamides is 2. The van der Waals surface area contributed by atoms with E-state index in [2.05, 4.69) is 54.0 Å². The maximum atomic E-state index is 12.2. The molecule has 1 aromatic carbocycles. The number of nitrogens with one attached hydrogen (secondary N) is 1. The van der Waals surface area contributed by atoms with E-state index >= 15 is 0 Å². The van der Waals surface area contributed by atoms with Crippen molar-refractivity contribution >= 4 is 31.7 Å². The summed E-state index contributed by atoms with van der Waals surface area (Å²) in [6.07, 6.45) is 9.23. The number of ether oxygens (including phenoxy) is 1. The number of pyridine rings is 1. The lowest BCUT2D eigenvalue weighted by Crippen LogP contribution is -2.41. The molecule has 1 aromatic heterocycles. The number of hydrogen-bond donors (Lipinski definition) is 1. The van der Waals surface area contributed by atoms with Crippen molar-refractivity contribution < 1.29 is 57.3 Å². The van der Waals surface area contributed by atoms with Crippen LogP contribution < -0.4 is 9.88 Å². The van der Waals surface area contributed by atoms with Crippen molar-refractivity contribution in [3.05, 3.63) is 76.2 Å². The Hall–Kier alpha value is -3.18. The Morgan fingerprint density at radius 3 is 1.93 bits per heavy atom. The van der Waals surface area contributed by atoms with E-state index in [1.807, 2.05) is 39.0 Å². The second-order valence-corrected chi connectivity index (χ2v) is 13.8. The minimum Gasteiger partial charge on any atom is -0.450 e. The zero-order valence-electron chi connectivity index (χ0n) is 25.2. The molecule has 0 saturated carbocycles. The fourth-order valence-electron chi connectivity index (χ4n) is 3.54. The first-order chi connectivity index (χ1) is 20.5. The molecule has 2 rings (SSSR count). The van der Waals surface area contributed by atoms with Gasteiger partial charge in [0.2, 0.25) is 0 Å². The highest BCUT2D eigenvalue weighted by atomic mass is 32.3. The number of aryl methyl sites for hydroxylation is 2. The van der Waals surface area contributed by atoms with Gasteiger partial charge in [0.15, 0.2) is 32.4 Å². The highest BCUT2D eigenvalue weighted by Gasteiger charge is 2.47. The number of amides is 1. The van der Waals surface area contributed by atoms with Gasteiger partial charge in [-0.1, -0.05) is 37.3 Å². The minimum absolute atomic E-state index is 0.368. The molecule has 2 aromatic rings. The number of aromatic nitrogens is 1. The molecule has 0 unspecified atom stereocenters. The van der Waals surface area contributed by atoms with Crippen LogP contribution in [0.2, 0.25) is 0 Å². The lowest BCUT2D eigenvalue weighted by Gasteiger charge is -2.27. The second-order valence-electron chi connectivity index (χ2n) is 10.4.